The highest BCUT2D eigenvalue weighted by molar-refractivity contribution is 6.43. The van der Waals surface area contributed by atoms with Gasteiger partial charge in [-0.1, -0.05) is 25.5 Å². The van der Waals surface area contributed by atoms with Gasteiger partial charge in [-0.2, -0.15) is 0 Å². The lowest BCUT2D eigenvalue weighted by Gasteiger charge is -2.14. The Morgan fingerprint density at radius 2 is 1.88 bits per heavy atom. The molecule has 0 unspecified atom stereocenters. The van der Waals surface area contributed by atoms with Crippen molar-refractivity contribution in [3.05, 3.63) is 29.8 Å². The number of carbonyl (C=O) groups is 2. The summed E-state index contributed by atoms with van der Waals surface area (Å²) in [6.07, 6.45) is 3.78. The van der Waals surface area contributed by atoms with Crippen molar-refractivity contribution in [2.45, 2.75) is 32.6 Å². The Hall–Kier alpha value is -1.64. The molecule has 0 bridgehead atoms. The second-order valence-electron chi connectivity index (χ2n) is 4.40. The summed E-state index contributed by atoms with van der Waals surface area (Å²) >= 11 is 0. The Balaban J connectivity index is 2.08. The molecule has 0 N–H and O–H groups in total. The first-order valence-electron chi connectivity index (χ1n) is 6.16. The van der Waals surface area contributed by atoms with E-state index in [4.69, 9.17) is 0 Å². The highest BCUT2D eigenvalue weighted by Crippen LogP contribution is 2.20. The van der Waals surface area contributed by atoms with Gasteiger partial charge >= 0.3 is 0 Å². The lowest BCUT2D eigenvalue weighted by molar-refractivity contribution is -0.133. The zero-order valence-electron chi connectivity index (χ0n) is 10.1. The average molecular weight is 231 g/mol. The molecule has 1 amide bonds. The molecule has 3 heteroatoms. The summed E-state index contributed by atoms with van der Waals surface area (Å²) in [6, 6.07) is 7.95. The molecule has 1 aliphatic heterocycles. The molecule has 0 spiro atoms. The molecule has 1 fully saturated rings. The highest BCUT2D eigenvalue weighted by Gasteiger charge is 2.29. The molecular formula is C14H17NO2. The number of aryl methyl sites for hydroxylation is 1. The van der Waals surface area contributed by atoms with E-state index in [1.54, 1.807) is 4.90 Å². The first kappa shape index (κ1) is 11.8. The molecule has 1 saturated heterocycles. The third-order valence-electron chi connectivity index (χ3n) is 3.11. The van der Waals surface area contributed by atoms with E-state index in [1.807, 2.05) is 24.3 Å². The summed E-state index contributed by atoms with van der Waals surface area (Å²) in [5.41, 5.74) is 2.12. The number of unbranched alkanes of at least 4 members (excludes halogenated alkanes) is 1. The van der Waals surface area contributed by atoms with Gasteiger partial charge in [0.1, 0.15) is 0 Å². The third-order valence-corrected chi connectivity index (χ3v) is 3.11. The number of Topliss-reactive ketones (excluding diaryl/α,β-unsaturated/α-hetero) is 1. The Morgan fingerprint density at radius 3 is 2.41 bits per heavy atom. The third kappa shape index (κ3) is 2.54. The van der Waals surface area contributed by atoms with Crippen LogP contribution in [0.2, 0.25) is 0 Å². The van der Waals surface area contributed by atoms with Gasteiger partial charge in [-0.05, 0) is 30.5 Å². The van der Waals surface area contributed by atoms with Crippen LogP contribution >= 0.6 is 0 Å². The number of ketones is 1. The Labute approximate surface area is 101 Å². The van der Waals surface area contributed by atoms with E-state index in [0.29, 0.717) is 13.0 Å². The summed E-state index contributed by atoms with van der Waals surface area (Å²) in [6.45, 7) is 2.69. The van der Waals surface area contributed by atoms with Crippen molar-refractivity contribution in [3.8, 4) is 0 Å². The smallest absolute Gasteiger partial charge is 0.294 e. The fourth-order valence-electron chi connectivity index (χ4n) is 2.04. The first-order valence-corrected chi connectivity index (χ1v) is 6.16. The minimum atomic E-state index is -0.369. The second-order valence-corrected chi connectivity index (χ2v) is 4.40. The second kappa shape index (κ2) is 5.13. The van der Waals surface area contributed by atoms with Gasteiger partial charge in [0.15, 0.2) is 0 Å². The van der Waals surface area contributed by atoms with Crippen LogP contribution < -0.4 is 4.90 Å². The average Bonchev–Trinajstić information content (AvgIpc) is 2.68. The van der Waals surface area contributed by atoms with Gasteiger partial charge in [-0.15, -0.1) is 0 Å². The van der Waals surface area contributed by atoms with Crippen LogP contribution in [0, 0.1) is 0 Å². The first-order chi connectivity index (χ1) is 8.22. The molecule has 2 rings (SSSR count). The number of nitrogens with zero attached hydrogens (tertiary/aromatic N) is 1. The van der Waals surface area contributed by atoms with E-state index in [9.17, 15) is 9.59 Å². The van der Waals surface area contributed by atoms with Crippen molar-refractivity contribution in [2.75, 3.05) is 11.4 Å². The number of hydrogen-bond donors (Lipinski definition) is 0. The van der Waals surface area contributed by atoms with Crippen LogP contribution in [0.1, 0.15) is 31.7 Å². The largest absolute Gasteiger partial charge is 0.305 e. The van der Waals surface area contributed by atoms with Crippen molar-refractivity contribution < 1.29 is 9.59 Å². The van der Waals surface area contributed by atoms with Gasteiger partial charge in [0, 0.05) is 18.7 Å². The number of amides is 1. The molecule has 90 valence electrons. The molecular weight excluding hydrogens is 214 g/mol. The minimum absolute atomic E-state index is 0.278. The Bertz CT molecular complexity index is 422. The molecule has 1 heterocycles. The van der Waals surface area contributed by atoms with E-state index < -0.39 is 0 Å². The quantitative estimate of drug-likeness (QED) is 0.746. The fourth-order valence-corrected chi connectivity index (χ4v) is 2.04. The molecule has 1 aromatic carbocycles. The van der Waals surface area contributed by atoms with E-state index >= 15 is 0 Å². The molecule has 0 aromatic heterocycles. The zero-order chi connectivity index (χ0) is 12.3. The lowest BCUT2D eigenvalue weighted by atomic mass is 10.1. The monoisotopic (exact) mass is 231 g/mol. The van der Waals surface area contributed by atoms with E-state index in [1.165, 1.54) is 18.4 Å². The highest BCUT2D eigenvalue weighted by atomic mass is 16.2. The normalized spacial score (nSPS) is 15.7. The van der Waals surface area contributed by atoms with Crippen LogP contribution in [0.5, 0.6) is 0 Å². The van der Waals surface area contributed by atoms with Gasteiger partial charge in [-0.3, -0.25) is 9.59 Å². The molecule has 1 aliphatic rings. The maximum Gasteiger partial charge on any atom is 0.294 e. The molecule has 1 aromatic rings. The van der Waals surface area contributed by atoms with Gasteiger partial charge in [0.25, 0.3) is 5.91 Å². The summed E-state index contributed by atoms with van der Waals surface area (Å²) in [5, 5.41) is 0. The minimum Gasteiger partial charge on any atom is -0.305 e. The molecule has 3 nitrogen and oxygen atoms in total. The molecule has 0 aliphatic carbocycles. The van der Waals surface area contributed by atoms with Crippen LogP contribution in [0.15, 0.2) is 24.3 Å². The van der Waals surface area contributed by atoms with Crippen molar-refractivity contribution in [2.24, 2.45) is 0 Å². The predicted octanol–water partition coefficient (Wildman–Crippen LogP) is 2.33. The van der Waals surface area contributed by atoms with Crippen molar-refractivity contribution >= 4 is 17.4 Å². The summed E-state index contributed by atoms with van der Waals surface area (Å²) in [5.74, 6) is -0.647. The van der Waals surface area contributed by atoms with Gasteiger partial charge < -0.3 is 4.90 Å². The van der Waals surface area contributed by atoms with E-state index in [-0.39, 0.29) is 11.7 Å². The lowest BCUT2D eigenvalue weighted by Crippen LogP contribution is -2.26. The van der Waals surface area contributed by atoms with E-state index in [0.717, 1.165) is 12.1 Å². The predicted molar refractivity (Wildman–Crippen MR) is 67.0 cm³/mol. The van der Waals surface area contributed by atoms with Crippen LogP contribution in [-0.4, -0.2) is 18.2 Å². The number of carbonyl (C=O) groups excluding carboxylic acids is 2. The fraction of sp³-hybridized carbons (Fsp3) is 0.429. The number of hydrogen-bond acceptors (Lipinski definition) is 2. The SMILES string of the molecule is CCCCc1ccc(N2CCC(=O)C2=O)cc1. The van der Waals surface area contributed by atoms with Gasteiger partial charge in [0.05, 0.1) is 0 Å². The van der Waals surface area contributed by atoms with Crippen molar-refractivity contribution in [1.82, 2.24) is 0 Å². The van der Waals surface area contributed by atoms with Crippen molar-refractivity contribution in [3.63, 3.8) is 0 Å². The topological polar surface area (TPSA) is 37.4 Å². The Kier molecular flexibility index (Phi) is 3.57. The standard InChI is InChI=1S/C14H17NO2/c1-2-3-4-11-5-7-12(8-6-11)15-10-9-13(16)14(15)17/h5-8H,2-4,9-10H2,1H3. The number of rotatable bonds is 4. The summed E-state index contributed by atoms with van der Waals surface area (Å²) in [7, 11) is 0. The van der Waals surface area contributed by atoms with Crippen LogP contribution in [0.25, 0.3) is 0 Å². The van der Waals surface area contributed by atoms with Crippen LogP contribution in [0.3, 0.4) is 0 Å². The summed E-state index contributed by atoms with van der Waals surface area (Å²) < 4.78 is 0. The number of benzene rings is 1. The maximum atomic E-state index is 11.5. The Morgan fingerprint density at radius 1 is 1.18 bits per heavy atom. The van der Waals surface area contributed by atoms with Crippen LogP contribution in [-0.2, 0) is 16.0 Å². The van der Waals surface area contributed by atoms with Crippen molar-refractivity contribution in [1.29, 1.82) is 0 Å². The van der Waals surface area contributed by atoms with E-state index in [2.05, 4.69) is 6.92 Å². The molecule has 0 radical (unpaired) electrons. The molecule has 0 saturated carbocycles. The molecule has 0 atom stereocenters. The number of anilines is 1. The summed E-state index contributed by atoms with van der Waals surface area (Å²) in [4.78, 5) is 24.3. The van der Waals surface area contributed by atoms with Gasteiger partial charge in [0.2, 0.25) is 5.78 Å². The zero-order valence-corrected chi connectivity index (χ0v) is 10.1. The van der Waals surface area contributed by atoms with Crippen LogP contribution in [0.4, 0.5) is 5.69 Å². The van der Waals surface area contributed by atoms with Gasteiger partial charge in [-0.25, -0.2) is 0 Å². The maximum absolute atomic E-state index is 11.5. The molecule has 17 heavy (non-hydrogen) atoms.